The van der Waals surface area contributed by atoms with Gasteiger partial charge in [0, 0.05) is 19.3 Å². The van der Waals surface area contributed by atoms with Crippen molar-refractivity contribution in [3.05, 3.63) is 47.8 Å². The topological polar surface area (TPSA) is 90.0 Å². The standard InChI is InChI=1S/C14H20N4O2S/c1-12-5-2-3-6-13(12)9-17-21(19,20)14-10-16-18(11-14)8-4-7-15/h2-3,5-6,10-11,17H,4,7-9,15H2,1H3. The average molecular weight is 308 g/mol. The quantitative estimate of drug-likeness (QED) is 0.799. The van der Waals surface area contributed by atoms with Crippen molar-refractivity contribution in [2.45, 2.75) is 31.3 Å². The van der Waals surface area contributed by atoms with E-state index < -0.39 is 10.0 Å². The van der Waals surface area contributed by atoms with Crippen molar-refractivity contribution >= 4 is 10.0 Å². The molecule has 1 aromatic heterocycles. The molecular weight excluding hydrogens is 288 g/mol. The van der Waals surface area contributed by atoms with Crippen molar-refractivity contribution in [1.82, 2.24) is 14.5 Å². The molecule has 0 spiro atoms. The van der Waals surface area contributed by atoms with E-state index >= 15 is 0 Å². The molecule has 0 amide bonds. The van der Waals surface area contributed by atoms with Crippen molar-refractivity contribution in [2.24, 2.45) is 5.73 Å². The summed E-state index contributed by atoms with van der Waals surface area (Å²) in [5, 5.41) is 4.03. The monoisotopic (exact) mass is 308 g/mol. The fourth-order valence-electron chi connectivity index (χ4n) is 1.92. The Labute approximate surface area is 125 Å². The van der Waals surface area contributed by atoms with E-state index in [0.29, 0.717) is 13.1 Å². The van der Waals surface area contributed by atoms with Gasteiger partial charge in [0.15, 0.2) is 0 Å². The van der Waals surface area contributed by atoms with E-state index in [1.165, 1.54) is 12.4 Å². The first-order valence-electron chi connectivity index (χ1n) is 6.79. The van der Waals surface area contributed by atoms with Crippen molar-refractivity contribution in [3.63, 3.8) is 0 Å². The number of aryl methyl sites for hydroxylation is 2. The molecule has 1 heterocycles. The Hall–Kier alpha value is -1.70. The second kappa shape index (κ2) is 6.84. The summed E-state index contributed by atoms with van der Waals surface area (Å²) in [6.07, 6.45) is 3.64. The molecule has 0 atom stereocenters. The van der Waals surface area contributed by atoms with Crippen LogP contribution in [-0.2, 0) is 23.1 Å². The van der Waals surface area contributed by atoms with E-state index in [0.717, 1.165) is 17.5 Å². The number of nitrogens with zero attached hydrogens (tertiary/aromatic N) is 2. The predicted molar refractivity (Wildman–Crippen MR) is 81.1 cm³/mol. The van der Waals surface area contributed by atoms with Crippen LogP contribution in [0, 0.1) is 6.92 Å². The van der Waals surface area contributed by atoms with Gasteiger partial charge in [-0.25, -0.2) is 13.1 Å². The maximum atomic E-state index is 12.2. The van der Waals surface area contributed by atoms with Gasteiger partial charge in [-0.15, -0.1) is 0 Å². The first-order chi connectivity index (χ1) is 10.0. The first kappa shape index (κ1) is 15.7. The van der Waals surface area contributed by atoms with Crippen LogP contribution in [0.15, 0.2) is 41.6 Å². The maximum absolute atomic E-state index is 12.2. The number of nitrogens with two attached hydrogens (primary N) is 1. The molecule has 0 aliphatic rings. The van der Waals surface area contributed by atoms with E-state index in [9.17, 15) is 8.42 Å². The van der Waals surface area contributed by atoms with Crippen molar-refractivity contribution in [3.8, 4) is 0 Å². The van der Waals surface area contributed by atoms with Gasteiger partial charge in [0.2, 0.25) is 10.0 Å². The number of aromatic nitrogens is 2. The molecule has 0 aliphatic carbocycles. The summed E-state index contributed by atoms with van der Waals surface area (Å²) < 4.78 is 28.6. The van der Waals surface area contributed by atoms with Crippen LogP contribution in [-0.4, -0.2) is 24.7 Å². The van der Waals surface area contributed by atoms with Gasteiger partial charge in [-0.2, -0.15) is 5.10 Å². The number of hydrogen-bond donors (Lipinski definition) is 2. The molecule has 2 rings (SSSR count). The van der Waals surface area contributed by atoms with Gasteiger partial charge in [0.25, 0.3) is 0 Å². The fraction of sp³-hybridized carbons (Fsp3) is 0.357. The van der Waals surface area contributed by atoms with Gasteiger partial charge in [0.1, 0.15) is 4.90 Å². The number of nitrogens with one attached hydrogen (secondary N) is 1. The summed E-state index contributed by atoms with van der Waals surface area (Å²) in [6, 6.07) is 7.67. The molecule has 7 heteroatoms. The van der Waals surface area contributed by atoms with Crippen LogP contribution in [0.25, 0.3) is 0 Å². The molecule has 6 nitrogen and oxygen atoms in total. The Bertz CT molecular complexity index is 695. The third kappa shape index (κ3) is 4.13. The molecule has 21 heavy (non-hydrogen) atoms. The molecule has 3 N–H and O–H groups in total. The molecule has 0 aliphatic heterocycles. The zero-order chi connectivity index (χ0) is 15.3. The summed E-state index contributed by atoms with van der Waals surface area (Å²) in [5.74, 6) is 0. The van der Waals surface area contributed by atoms with Crippen LogP contribution in [0.5, 0.6) is 0 Å². The molecular formula is C14H20N4O2S. The van der Waals surface area contributed by atoms with Gasteiger partial charge < -0.3 is 5.73 Å². The van der Waals surface area contributed by atoms with Gasteiger partial charge >= 0.3 is 0 Å². The highest BCUT2D eigenvalue weighted by molar-refractivity contribution is 7.89. The fourth-order valence-corrected chi connectivity index (χ4v) is 2.88. The third-order valence-electron chi connectivity index (χ3n) is 3.23. The summed E-state index contributed by atoms with van der Waals surface area (Å²) in [5.41, 5.74) is 7.43. The van der Waals surface area contributed by atoms with E-state index in [-0.39, 0.29) is 11.4 Å². The minimum Gasteiger partial charge on any atom is -0.330 e. The second-order valence-corrected chi connectivity index (χ2v) is 6.60. The average Bonchev–Trinajstić information content (AvgIpc) is 2.94. The second-order valence-electron chi connectivity index (χ2n) is 4.83. The lowest BCUT2D eigenvalue weighted by atomic mass is 10.1. The molecule has 0 unspecified atom stereocenters. The molecule has 0 radical (unpaired) electrons. The molecule has 0 fully saturated rings. The van der Waals surface area contributed by atoms with Crippen LogP contribution in [0.2, 0.25) is 0 Å². The van der Waals surface area contributed by atoms with Crippen LogP contribution < -0.4 is 10.5 Å². The van der Waals surface area contributed by atoms with E-state index in [1.54, 1.807) is 4.68 Å². The Morgan fingerprint density at radius 2 is 2.10 bits per heavy atom. The predicted octanol–water partition coefficient (Wildman–Crippen LogP) is 1.02. The van der Waals surface area contributed by atoms with Gasteiger partial charge in [-0.3, -0.25) is 4.68 Å². The van der Waals surface area contributed by atoms with Crippen LogP contribution in [0.3, 0.4) is 0 Å². The molecule has 0 bridgehead atoms. The van der Waals surface area contributed by atoms with Crippen molar-refractivity contribution in [2.75, 3.05) is 6.54 Å². The van der Waals surface area contributed by atoms with Gasteiger partial charge in [0.05, 0.1) is 6.20 Å². The zero-order valence-corrected chi connectivity index (χ0v) is 12.8. The van der Waals surface area contributed by atoms with Gasteiger partial charge in [-0.1, -0.05) is 24.3 Å². The minimum absolute atomic E-state index is 0.174. The summed E-state index contributed by atoms with van der Waals surface area (Å²) in [4.78, 5) is 0.174. The summed E-state index contributed by atoms with van der Waals surface area (Å²) in [7, 11) is -3.54. The lowest BCUT2D eigenvalue weighted by molar-refractivity contribution is 0.576. The van der Waals surface area contributed by atoms with Crippen LogP contribution in [0.4, 0.5) is 0 Å². The van der Waals surface area contributed by atoms with E-state index in [2.05, 4.69) is 9.82 Å². The summed E-state index contributed by atoms with van der Waals surface area (Å²) >= 11 is 0. The highest BCUT2D eigenvalue weighted by Crippen LogP contribution is 2.11. The first-order valence-corrected chi connectivity index (χ1v) is 8.28. The number of rotatable bonds is 7. The smallest absolute Gasteiger partial charge is 0.243 e. The number of benzene rings is 1. The highest BCUT2D eigenvalue weighted by atomic mass is 32.2. The van der Waals surface area contributed by atoms with Crippen LogP contribution >= 0.6 is 0 Å². The maximum Gasteiger partial charge on any atom is 0.243 e. The largest absolute Gasteiger partial charge is 0.330 e. The van der Waals surface area contributed by atoms with Gasteiger partial charge in [-0.05, 0) is 31.0 Å². The van der Waals surface area contributed by atoms with Crippen LogP contribution in [0.1, 0.15) is 17.5 Å². The van der Waals surface area contributed by atoms with E-state index in [1.807, 2.05) is 31.2 Å². The lowest BCUT2D eigenvalue weighted by Crippen LogP contribution is -2.23. The Morgan fingerprint density at radius 1 is 1.33 bits per heavy atom. The number of hydrogen-bond acceptors (Lipinski definition) is 4. The SMILES string of the molecule is Cc1ccccc1CNS(=O)(=O)c1cnn(CCCN)c1. The molecule has 1 aromatic carbocycles. The molecule has 114 valence electrons. The Morgan fingerprint density at radius 3 is 2.81 bits per heavy atom. The Kier molecular flexibility index (Phi) is 5.11. The van der Waals surface area contributed by atoms with Crippen molar-refractivity contribution in [1.29, 1.82) is 0 Å². The zero-order valence-electron chi connectivity index (χ0n) is 12.0. The normalized spacial score (nSPS) is 11.7. The Balaban J connectivity index is 2.05. The molecule has 2 aromatic rings. The van der Waals surface area contributed by atoms with Crippen molar-refractivity contribution < 1.29 is 8.42 Å². The molecule has 0 saturated heterocycles. The third-order valence-corrected chi connectivity index (χ3v) is 4.58. The molecule has 0 saturated carbocycles. The summed E-state index contributed by atoms with van der Waals surface area (Å²) in [6.45, 7) is 3.38. The minimum atomic E-state index is -3.54. The highest BCUT2D eigenvalue weighted by Gasteiger charge is 2.16. The lowest BCUT2D eigenvalue weighted by Gasteiger charge is -2.07. The van der Waals surface area contributed by atoms with E-state index in [4.69, 9.17) is 5.73 Å². The number of sulfonamides is 1.